The molecule has 2 amide bonds. The highest BCUT2D eigenvalue weighted by Crippen LogP contribution is 2.26. The van der Waals surface area contributed by atoms with E-state index in [4.69, 9.17) is 11.6 Å². The van der Waals surface area contributed by atoms with Crippen LogP contribution in [0.15, 0.2) is 42.5 Å². The minimum atomic E-state index is -3.77. The van der Waals surface area contributed by atoms with Gasteiger partial charge in [-0.3, -0.25) is 13.9 Å². The normalized spacial score (nSPS) is 15.2. The molecule has 1 fully saturated rings. The number of amides is 2. The molecule has 0 unspecified atom stereocenters. The molecule has 2 aromatic carbocycles. The van der Waals surface area contributed by atoms with Gasteiger partial charge >= 0.3 is 0 Å². The van der Waals surface area contributed by atoms with Crippen LogP contribution in [-0.4, -0.2) is 50.0 Å². The van der Waals surface area contributed by atoms with Gasteiger partial charge in [0.2, 0.25) is 21.8 Å². The van der Waals surface area contributed by atoms with Crippen LogP contribution in [0.2, 0.25) is 5.02 Å². The monoisotopic (exact) mass is 547 g/mol. The molecular weight excluding hydrogens is 510 g/mol. The van der Waals surface area contributed by atoms with Crippen LogP contribution in [0.25, 0.3) is 0 Å². The Morgan fingerprint density at radius 1 is 1.05 bits per heavy atom. The highest BCUT2D eigenvalue weighted by Gasteiger charge is 2.33. The number of benzene rings is 2. The molecule has 0 heterocycles. The van der Waals surface area contributed by atoms with Gasteiger partial charge in [-0.25, -0.2) is 8.42 Å². The van der Waals surface area contributed by atoms with Crippen molar-refractivity contribution in [2.45, 2.75) is 77.9 Å². The molecule has 9 heteroatoms. The predicted octanol–water partition coefficient (Wildman–Crippen LogP) is 4.98. The standard InChI is InChI=1S/C28H38ClN3O4S/c1-5-25(28(34)30-24-11-7-6-8-12-24)31(18-22-14-16-23(29)17-15-22)27(33)19-32(37(4,35)36)26-13-9-10-20(2)21(26)3/h9-10,13-17,24-25H,5-8,11-12,18-19H2,1-4H3,(H,30,34)/t25-/m1/s1. The molecule has 37 heavy (non-hydrogen) atoms. The fraction of sp³-hybridized carbons (Fsp3) is 0.500. The van der Waals surface area contributed by atoms with Crippen molar-refractivity contribution in [1.29, 1.82) is 0 Å². The van der Waals surface area contributed by atoms with Crippen molar-refractivity contribution in [1.82, 2.24) is 10.2 Å². The Morgan fingerprint density at radius 2 is 1.70 bits per heavy atom. The number of aryl methyl sites for hydroxylation is 1. The lowest BCUT2D eigenvalue weighted by molar-refractivity contribution is -0.140. The van der Waals surface area contributed by atoms with E-state index in [9.17, 15) is 18.0 Å². The number of hydrogen-bond acceptors (Lipinski definition) is 4. The van der Waals surface area contributed by atoms with Crippen molar-refractivity contribution in [2.75, 3.05) is 17.1 Å². The maximum Gasteiger partial charge on any atom is 0.244 e. The molecule has 1 atom stereocenters. The van der Waals surface area contributed by atoms with Crippen LogP contribution in [0.3, 0.4) is 0 Å². The van der Waals surface area contributed by atoms with Gasteiger partial charge in [0.15, 0.2) is 0 Å². The number of hydrogen-bond donors (Lipinski definition) is 1. The van der Waals surface area contributed by atoms with E-state index >= 15 is 0 Å². The molecule has 202 valence electrons. The second kappa shape index (κ2) is 12.8. The molecular formula is C28H38ClN3O4S. The number of halogens is 1. The number of nitrogens with zero attached hydrogens (tertiary/aromatic N) is 2. The maximum atomic E-state index is 13.9. The first-order valence-corrected chi connectivity index (χ1v) is 15.1. The highest BCUT2D eigenvalue weighted by atomic mass is 35.5. The fourth-order valence-electron chi connectivity index (χ4n) is 4.85. The summed E-state index contributed by atoms with van der Waals surface area (Å²) in [4.78, 5) is 28.8. The predicted molar refractivity (Wildman–Crippen MR) is 149 cm³/mol. The summed E-state index contributed by atoms with van der Waals surface area (Å²) in [6, 6.07) is 11.8. The molecule has 3 rings (SSSR count). The Morgan fingerprint density at radius 3 is 2.30 bits per heavy atom. The molecule has 7 nitrogen and oxygen atoms in total. The van der Waals surface area contributed by atoms with Gasteiger partial charge in [0, 0.05) is 17.6 Å². The van der Waals surface area contributed by atoms with Crippen molar-refractivity contribution in [3.63, 3.8) is 0 Å². The van der Waals surface area contributed by atoms with Gasteiger partial charge in [-0.2, -0.15) is 0 Å². The van der Waals surface area contributed by atoms with E-state index in [1.165, 1.54) is 11.3 Å². The summed E-state index contributed by atoms with van der Waals surface area (Å²) >= 11 is 6.06. The van der Waals surface area contributed by atoms with Crippen LogP contribution < -0.4 is 9.62 Å². The van der Waals surface area contributed by atoms with Crippen LogP contribution >= 0.6 is 11.6 Å². The van der Waals surface area contributed by atoms with Gasteiger partial charge in [-0.1, -0.05) is 62.1 Å². The molecule has 1 aliphatic carbocycles. The van der Waals surface area contributed by atoms with Crippen LogP contribution in [-0.2, 0) is 26.2 Å². The van der Waals surface area contributed by atoms with Gasteiger partial charge in [-0.05, 0) is 68.0 Å². The molecule has 0 aromatic heterocycles. The largest absolute Gasteiger partial charge is 0.352 e. The van der Waals surface area contributed by atoms with Crippen molar-refractivity contribution < 1.29 is 18.0 Å². The third-order valence-electron chi connectivity index (χ3n) is 7.13. The molecule has 1 saturated carbocycles. The summed E-state index contributed by atoms with van der Waals surface area (Å²) < 4.78 is 26.8. The molecule has 1 N–H and O–H groups in total. The molecule has 0 saturated heterocycles. The van der Waals surface area contributed by atoms with Crippen LogP contribution in [0.1, 0.15) is 62.1 Å². The van der Waals surface area contributed by atoms with E-state index in [0.717, 1.165) is 52.9 Å². The number of rotatable bonds is 10. The van der Waals surface area contributed by atoms with E-state index in [-0.39, 0.29) is 18.5 Å². The van der Waals surface area contributed by atoms with E-state index in [2.05, 4.69) is 5.32 Å². The minimum Gasteiger partial charge on any atom is -0.352 e. The molecule has 0 radical (unpaired) electrons. The minimum absolute atomic E-state index is 0.102. The van der Waals surface area contributed by atoms with Gasteiger partial charge in [-0.15, -0.1) is 0 Å². The maximum absolute atomic E-state index is 13.9. The highest BCUT2D eigenvalue weighted by molar-refractivity contribution is 7.92. The van der Waals surface area contributed by atoms with E-state index in [0.29, 0.717) is 17.1 Å². The smallest absolute Gasteiger partial charge is 0.244 e. The summed E-state index contributed by atoms with van der Waals surface area (Å²) in [5.41, 5.74) is 2.98. The first kappa shape index (κ1) is 29.0. The van der Waals surface area contributed by atoms with Crippen LogP contribution in [0.5, 0.6) is 0 Å². The zero-order chi connectivity index (χ0) is 27.2. The Kier molecular flexibility index (Phi) is 10.0. The SMILES string of the molecule is CC[C@H](C(=O)NC1CCCCC1)N(Cc1ccc(Cl)cc1)C(=O)CN(c1cccc(C)c1C)S(C)(=O)=O. The number of carbonyl (C=O) groups excluding carboxylic acids is 2. The lowest BCUT2D eigenvalue weighted by Crippen LogP contribution is -2.54. The van der Waals surface area contributed by atoms with E-state index in [1.807, 2.05) is 39.0 Å². The average Bonchev–Trinajstić information content (AvgIpc) is 2.85. The Labute approximate surface area is 226 Å². The number of nitrogens with one attached hydrogen (secondary N) is 1. The van der Waals surface area contributed by atoms with Crippen molar-refractivity contribution in [3.8, 4) is 0 Å². The van der Waals surface area contributed by atoms with Gasteiger partial charge < -0.3 is 10.2 Å². The van der Waals surface area contributed by atoms with Gasteiger partial charge in [0.25, 0.3) is 0 Å². The number of carbonyl (C=O) groups is 2. The van der Waals surface area contributed by atoms with E-state index in [1.54, 1.807) is 24.3 Å². The molecule has 0 aliphatic heterocycles. The summed E-state index contributed by atoms with van der Waals surface area (Å²) in [7, 11) is -3.77. The molecule has 0 bridgehead atoms. The lowest BCUT2D eigenvalue weighted by atomic mass is 9.95. The third-order valence-corrected chi connectivity index (χ3v) is 8.51. The average molecular weight is 548 g/mol. The lowest BCUT2D eigenvalue weighted by Gasteiger charge is -2.34. The first-order valence-electron chi connectivity index (χ1n) is 12.9. The first-order chi connectivity index (χ1) is 17.5. The Hall–Kier alpha value is -2.58. The van der Waals surface area contributed by atoms with Crippen molar-refractivity contribution >= 4 is 39.1 Å². The second-order valence-electron chi connectivity index (χ2n) is 9.90. The van der Waals surface area contributed by atoms with E-state index < -0.39 is 28.5 Å². The second-order valence-corrected chi connectivity index (χ2v) is 12.2. The topological polar surface area (TPSA) is 86.8 Å². The number of anilines is 1. The van der Waals surface area contributed by atoms with Crippen molar-refractivity contribution in [3.05, 3.63) is 64.2 Å². The third kappa shape index (κ3) is 7.71. The van der Waals surface area contributed by atoms with Gasteiger partial charge in [0.1, 0.15) is 12.6 Å². The molecule has 2 aromatic rings. The zero-order valence-electron chi connectivity index (χ0n) is 22.2. The molecule has 0 spiro atoms. The summed E-state index contributed by atoms with van der Waals surface area (Å²) in [6.07, 6.45) is 6.69. The van der Waals surface area contributed by atoms with Crippen molar-refractivity contribution in [2.24, 2.45) is 0 Å². The zero-order valence-corrected chi connectivity index (χ0v) is 23.7. The molecule has 1 aliphatic rings. The Balaban J connectivity index is 1.93. The summed E-state index contributed by atoms with van der Waals surface area (Å²) in [6.45, 7) is 5.37. The van der Waals surface area contributed by atoms with Gasteiger partial charge in [0.05, 0.1) is 11.9 Å². The Bertz CT molecular complexity index is 1190. The fourth-order valence-corrected chi connectivity index (χ4v) is 5.88. The quantitative estimate of drug-likeness (QED) is 0.454. The van der Waals surface area contributed by atoms with Crippen LogP contribution in [0.4, 0.5) is 5.69 Å². The summed E-state index contributed by atoms with van der Waals surface area (Å²) in [5, 5.41) is 3.72. The number of sulfonamides is 1. The van der Waals surface area contributed by atoms with Crippen LogP contribution in [0, 0.1) is 13.8 Å². The summed E-state index contributed by atoms with van der Waals surface area (Å²) in [5.74, 6) is -0.638.